The third kappa shape index (κ3) is 2.72. The molecule has 0 aromatic heterocycles. The molecule has 3 nitrogen and oxygen atoms in total. The molecular formula is C15H23NO2. The monoisotopic (exact) mass is 249 g/mol. The third-order valence-electron chi connectivity index (χ3n) is 3.54. The predicted molar refractivity (Wildman–Crippen MR) is 73.7 cm³/mol. The molecule has 1 atom stereocenters. The van der Waals surface area contributed by atoms with E-state index >= 15 is 0 Å². The Morgan fingerprint density at radius 3 is 2.22 bits per heavy atom. The van der Waals surface area contributed by atoms with Crippen molar-refractivity contribution in [1.29, 1.82) is 0 Å². The number of carboxylic acid groups (broad SMARTS) is 1. The number of hydrogen-bond donors (Lipinski definition) is 1. The molecule has 1 rings (SSSR count). The van der Waals surface area contributed by atoms with Gasteiger partial charge in [-0.1, -0.05) is 43.7 Å². The van der Waals surface area contributed by atoms with Crippen LogP contribution in [-0.2, 0) is 10.3 Å². The second-order valence-corrected chi connectivity index (χ2v) is 4.82. The minimum absolute atomic E-state index is 0.727. The molecule has 1 unspecified atom stereocenters. The maximum absolute atomic E-state index is 11.7. The van der Waals surface area contributed by atoms with Gasteiger partial charge in [0.05, 0.1) is 0 Å². The zero-order valence-corrected chi connectivity index (χ0v) is 11.7. The molecule has 0 bridgehead atoms. The van der Waals surface area contributed by atoms with Gasteiger partial charge in [-0.05, 0) is 38.9 Å². The summed E-state index contributed by atoms with van der Waals surface area (Å²) < 4.78 is 0. The van der Waals surface area contributed by atoms with Crippen LogP contribution in [0.25, 0.3) is 0 Å². The van der Waals surface area contributed by atoms with Crippen LogP contribution in [0.15, 0.2) is 24.3 Å². The first-order chi connectivity index (χ1) is 8.46. The Morgan fingerprint density at radius 1 is 1.28 bits per heavy atom. The number of aliphatic carboxylic acids is 1. The molecule has 0 aliphatic rings. The van der Waals surface area contributed by atoms with E-state index in [9.17, 15) is 9.90 Å². The van der Waals surface area contributed by atoms with Crippen molar-refractivity contribution < 1.29 is 9.90 Å². The van der Waals surface area contributed by atoms with Crippen LogP contribution in [-0.4, -0.2) is 29.1 Å². The highest BCUT2D eigenvalue weighted by atomic mass is 16.4. The van der Waals surface area contributed by atoms with Gasteiger partial charge in [0, 0.05) is 0 Å². The predicted octanol–water partition coefficient (Wildman–Crippen LogP) is 3.03. The second-order valence-electron chi connectivity index (χ2n) is 4.82. The van der Waals surface area contributed by atoms with E-state index in [1.54, 1.807) is 6.92 Å². The van der Waals surface area contributed by atoms with E-state index in [0.29, 0.717) is 0 Å². The lowest BCUT2D eigenvalue weighted by Crippen LogP contribution is -2.50. The highest BCUT2D eigenvalue weighted by Gasteiger charge is 2.40. The smallest absolute Gasteiger partial charge is 0.328 e. The normalized spacial score (nSPS) is 14.5. The Kier molecular flexibility index (Phi) is 4.91. The van der Waals surface area contributed by atoms with Crippen LogP contribution in [0.4, 0.5) is 0 Å². The van der Waals surface area contributed by atoms with Crippen molar-refractivity contribution >= 4 is 5.97 Å². The molecule has 1 aromatic carbocycles. The van der Waals surface area contributed by atoms with E-state index in [2.05, 4.69) is 6.92 Å². The lowest BCUT2D eigenvalue weighted by atomic mass is 9.89. The summed E-state index contributed by atoms with van der Waals surface area (Å²) in [6, 6.07) is 7.77. The van der Waals surface area contributed by atoms with Gasteiger partial charge in [-0.3, -0.25) is 4.90 Å². The highest BCUT2D eigenvalue weighted by molar-refractivity contribution is 5.80. The summed E-state index contributed by atoms with van der Waals surface area (Å²) in [5.74, 6) is -0.790. The van der Waals surface area contributed by atoms with E-state index in [0.717, 1.165) is 30.6 Å². The fraction of sp³-hybridized carbons (Fsp3) is 0.533. The molecule has 18 heavy (non-hydrogen) atoms. The average molecular weight is 249 g/mol. The standard InChI is InChI=1S/C15H23NO2/c1-5-11-16(6-2)15(4,14(17)18)13-9-7-12(3)8-10-13/h7-10H,5-6,11H2,1-4H3,(H,17,18). The zero-order valence-electron chi connectivity index (χ0n) is 11.7. The van der Waals surface area contributed by atoms with Gasteiger partial charge < -0.3 is 5.11 Å². The summed E-state index contributed by atoms with van der Waals surface area (Å²) >= 11 is 0. The molecule has 1 N–H and O–H groups in total. The fourth-order valence-corrected chi connectivity index (χ4v) is 2.29. The van der Waals surface area contributed by atoms with Gasteiger partial charge >= 0.3 is 5.97 Å². The first-order valence-corrected chi connectivity index (χ1v) is 6.52. The Morgan fingerprint density at radius 2 is 1.83 bits per heavy atom. The van der Waals surface area contributed by atoms with Gasteiger partial charge in [-0.2, -0.15) is 0 Å². The number of hydrogen-bond acceptors (Lipinski definition) is 2. The number of aryl methyl sites for hydroxylation is 1. The molecule has 0 aliphatic carbocycles. The van der Waals surface area contributed by atoms with Crippen molar-refractivity contribution in [1.82, 2.24) is 4.90 Å². The number of nitrogens with zero attached hydrogens (tertiary/aromatic N) is 1. The van der Waals surface area contributed by atoms with Gasteiger partial charge in [-0.15, -0.1) is 0 Å². The molecule has 0 spiro atoms. The summed E-state index contributed by atoms with van der Waals surface area (Å²) in [4.78, 5) is 13.8. The Bertz CT molecular complexity index is 399. The summed E-state index contributed by atoms with van der Waals surface area (Å²) in [5.41, 5.74) is 1.04. The van der Waals surface area contributed by atoms with E-state index in [-0.39, 0.29) is 0 Å². The quantitative estimate of drug-likeness (QED) is 0.842. The van der Waals surface area contributed by atoms with Gasteiger partial charge in [0.2, 0.25) is 0 Å². The number of likely N-dealkylation sites (N-methyl/N-ethyl adjacent to an activating group) is 1. The highest BCUT2D eigenvalue weighted by Crippen LogP contribution is 2.29. The van der Waals surface area contributed by atoms with Crippen LogP contribution in [0.1, 0.15) is 38.3 Å². The molecule has 1 aromatic rings. The fourth-order valence-electron chi connectivity index (χ4n) is 2.29. The van der Waals surface area contributed by atoms with Crippen LogP contribution < -0.4 is 0 Å². The number of carboxylic acids is 1. The van der Waals surface area contributed by atoms with Crippen LogP contribution in [0, 0.1) is 6.92 Å². The van der Waals surface area contributed by atoms with Crippen molar-refractivity contribution in [3.05, 3.63) is 35.4 Å². The van der Waals surface area contributed by atoms with Gasteiger partial charge in [0.1, 0.15) is 5.54 Å². The van der Waals surface area contributed by atoms with Gasteiger partial charge in [-0.25, -0.2) is 4.79 Å². The summed E-state index contributed by atoms with van der Waals surface area (Å²) in [5, 5.41) is 9.64. The van der Waals surface area contributed by atoms with Crippen molar-refractivity contribution in [2.24, 2.45) is 0 Å². The molecular weight excluding hydrogens is 226 g/mol. The molecule has 0 aliphatic heterocycles. The number of rotatable bonds is 6. The maximum Gasteiger partial charge on any atom is 0.328 e. The van der Waals surface area contributed by atoms with E-state index < -0.39 is 11.5 Å². The van der Waals surface area contributed by atoms with Crippen molar-refractivity contribution in [3.63, 3.8) is 0 Å². The minimum Gasteiger partial charge on any atom is -0.480 e. The first kappa shape index (κ1) is 14.7. The summed E-state index contributed by atoms with van der Waals surface area (Å²) in [6.07, 6.45) is 0.947. The Hall–Kier alpha value is -1.35. The van der Waals surface area contributed by atoms with Gasteiger partial charge in [0.15, 0.2) is 0 Å². The lowest BCUT2D eigenvalue weighted by Gasteiger charge is -2.37. The topological polar surface area (TPSA) is 40.5 Å². The molecule has 0 fully saturated rings. The number of benzene rings is 1. The summed E-state index contributed by atoms with van der Waals surface area (Å²) in [7, 11) is 0. The van der Waals surface area contributed by atoms with Crippen molar-refractivity contribution in [2.45, 2.75) is 39.7 Å². The van der Waals surface area contributed by atoms with E-state index in [1.807, 2.05) is 43.0 Å². The lowest BCUT2D eigenvalue weighted by molar-refractivity contribution is -0.151. The number of carbonyl (C=O) groups is 1. The SMILES string of the molecule is CCCN(CC)C(C)(C(=O)O)c1ccc(C)cc1. The Labute approximate surface area is 109 Å². The third-order valence-corrected chi connectivity index (χ3v) is 3.54. The molecule has 100 valence electrons. The largest absolute Gasteiger partial charge is 0.480 e. The molecule has 3 heteroatoms. The molecule has 0 saturated carbocycles. The average Bonchev–Trinajstić information content (AvgIpc) is 2.35. The minimum atomic E-state index is -0.946. The first-order valence-electron chi connectivity index (χ1n) is 6.52. The molecule has 0 radical (unpaired) electrons. The van der Waals surface area contributed by atoms with E-state index in [1.165, 1.54) is 0 Å². The van der Waals surface area contributed by atoms with E-state index in [4.69, 9.17) is 0 Å². The summed E-state index contributed by atoms with van der Waals surface area (Å²) in [6.45, 7) is 9.38. The Balaban J connectivity index is 3.21. The molecule has 0 saturated heterocycles. The van der Waals surface area contributed by atoms with Crippen molar-refractivity contribution in [3.8, 4) is 0 Å². The van der Waals surface area contributed by atoms with Crippen LogP contribution in [0.5, 0.6) is 0 Å². The van der Waals surface area contributed by atoms with Crippen LogP contribution in [0.3, 0.4) is 0 Å². The molecule has 0 heterocycles. The second kappa shape index (κ2) is 6.01. The van der Waals surface area contributed by atoms with Crippen molar-refractivity contribution in [2.75, 3.05) is 13.1 Å². The zero-order chi connectivity index (χ0) is 13.8. The van der Waals surface area contributed by atoms with Crippen LogP contribution in [0.2, 0.25) is 0 Å². The molecule has 0 amide bonds. The van der Waals surface area contributed by atoms with Gasteiger partial charge in [0.25, 0.3) is 0 Å². The van der Waals surface area contributed by atoms with Crippen LogP contribution >= 0.6 is 0 Å². The maximum atomic E-state index is 11.7.